The third kappa shape index (κ3) is 3.78. The second kappa shape index (κ2) is 8.18. The summed E-state index contributed by atoms with van der Waals surface area (Å²) in [6, 6.07) is 0. The summed E-state index contributed by atoms with van der Waals surface area (Å²) in [5, 5.41) is 0. The van der Waals surface area contributed by atoms with Gasteiger partial charge in [0.2, 0.25) is 0 Å². The molecule has 1 saturated heterocycles. The first-order valence-electron chi connectivity index (χ1n) is 7.29. The van der Waals surface area contributed by atoms with Crippen LogP contribution >= 0.6 is 28.3 Å². The van der Waals surface area contributed by atoms with Gasteiger partial charge in [-0.25, -0.2) is 15.0 Å². The summed E-state index contributed by atoms with van der Waals surface area (Å²) in [4.78, 5) is 12.4. The summed E-state index contributed by atoms with van der Waals surface area (Å²) < 4.78 is 35.7. The van der Waals surface area contributed by atoms with E-state index in [0.29, 0.717) is 11.2 Å². The largest absolute Gasteiger partial charge is 0.582 e. The number of imidazole rings is 1. The van der Waals surface area contributed by atoms with Crippen molar-refractivity contribution in [1.82, 2.24) is 19.5 Å². The summed E-state index contributed by atoms with van der Waals surface area (Å²) in [6.07, 6.45) is 0.632. The Labute approximate surface area is 151 Å². The van der Waals surface area contributed by atoms with E-state index < -0.39 is 31.8 Å². The lowest BCUT2D eigenvalue weighted by atomic mass is 10.1. The zero-order valence-corrected chi connectivity index (χ0v) is 16.3. The molecule has 3 rings (SSSR count). The van der Waals surface area contributed by atoms with Crippen LogP contribution in [0.5, 0.6) is 0 Å². The molecule has 1 fully saturated rings. The van der Waals surface area contributed by atoms with Gasteiger partial charge < -0.3 is 19.7 Å². The fraction of sp³-hybridized carbons (Fsp3) is 0.583. The molecule has 2 aromatic heterocycles. The number of hydrogen-bond donors (Lipinski definition) is 2. The van der Waals surface area contributed by atoms with Crippen LogP contribution in [-0.4, -0.2) is 58.2 Å². The molecule has 0 spiro atoms. The van der Waals surface area contributed by atoms with Crippen molar-refractivity contribution in [1.29, 1.82) is 0 Å². The number of ether oxygens (including phenoxy) is 2. The fourth-order valence-corrected chi connectivity index (χ4v) is 3.89. The maximum atomic E-state index is 11.5. The van der Waals surface area contributed by atoms with E-state index in [2.05, 4.69) is 27.2 Å². The second-order valence-corrected chi connectivity index (χ2v) is 7.53. The van der Waals surface area contributed by atoms with Crippen molar-refractivity contribution >= 4 is 45.3 Å². The van der Waals surface area contributed by atoms with Gasteiger partial charge in [0.15, 0.2) is 23.8 Å². The van der Waals surface area contributed by atoms with Gasteiger partial charge in [0.25, 0.3) is 0 Å². The van der Waals surface area contributed by atoms with Crippen molar-refractivity contribution in [3.05, 3.63) is 12.7 Å². The van der Waals surface area contributed by atoms with Gasteiger partial charge in [-0.3, -0.25) is 4.57 Å². The van der Waals surface area contributed by atoms with Crippen molar-refractivity contribution < 1.29 is 23.1 Å². The summed E-state index contributed by atoms with van der Waals surface area (Å²) in [5.74, 6) is 0.272. The molecule has 6 unspecified atom stereocenters. The standard InChI is InChI=1S/C12H17N5O5P2S/c1-19-9-8(22-24(18)25)6(3-20-23-2)21-12(9)17-5-16-7-10(13)14-4-15-11(7)17/h4-6,8-9,12,23H,3H2,1-2H3,(H2-,13,14,15,18,25)/p+1. The SMILES string of the molecule is COC1C(O[P+](=O)S)C(COPC)OC1n1cnc2c(N)ncnc21. The van der Waals surface area contributed by atoms with Crippen molar-refractivity contribution in [2.75, 3.05) is 26.1 Å². The van der Waals surface area contributed by atoms with E-state index in [1.807, 2.05) is 6.66 Å². The minimum atomic E-state index is -2.14. The van der Waals surface area contributed by atoms with E-state index in [-0.39, 0.29) is 21.2 Å². The van der Waals surface area contributed by atoms with Gasteiger partial charge in [0, 0.05) is 15.9 Å². The number of thiol groups is 1. The topological polar surface area (TPSA) is 124 Å². The van der Waals surface area contributed by atoms with Gasteiger partial charge in [-0.2, -0.15) is 0 Å². The van der Waals surface area contributed by atoms with Crippen LogP contribution in [0.3, 0.4) is 0 Å². The Bertz CT molecular complexity index is 765. The first-order valence-corrected chi connectivity index (χ1v) is 11.0. The number of nitrogens with zero attached hydrogens (tertiary/aromatic N) is 4. The number of aromatic nitrogens is 4. The molecule has 2 aromatic rings. The lowest BCUT2D eigenvalue weighted by Crippen LogP contribution is -2.36. The van der Waals surface area contributed by atoms with Gasteiger partial charge in [-0.15, -0.1) is 4.52 Å². The lowest BCUT2D eigenvalue weighted by molar-refractivity contribution is -0.0550. The van der Waals surface area contributed by atoms with Crippen molar-refractivity contribution in [2.24, 2.45) is 0 Å². The molecule has 0 saturated carbocycles. The monoisotopic (exact) mass is 406 g/mol. The Morgan fingerprint density at radius 1 is 1.44 bits per heavy atom. The van der Waals surface area contributed by atoms with Crippen molar-refractivity contribution in [2.45, 2.75) is 24.5 Å². The first-order chi connectivity index (χ1) is 12.1. The zero-order valence-electron chi connectivity index (χ0n) is 13.5. The smallest absolute Gasteiger partial charge is 0.382 e. The molecule has 6 atom stereocenters. The highest BCUT2D eigenvalue weighted by Gasteiger charge is 2.51. The molecule has 0 aromatic carbocycles. The van der Waals surface area contributed by atoms with Gasteiger partial charge in [0.1, 0.15) is 36.3 Å². The summed E-state index contributed by atoms with van der Waals surface area (Å²) in [6.45, 7) is 2.18. The maximum absolute atomic E-state index is 11.5. The summed E-state index contributed by atoms with van der Waals surface area (Å²) in [7, 11) is -0.331. The average Bonchev–Trinajstić information content (AvgIpc) is 3.14. The molecule has 0 amide bonds. The third-order valence-electron chi connectivity index (χ3n) is 3.82. The van der Waals surface area contributed by atoms with Gasteiger partial charge in [-0.05, 0) is 11.2 Å². The Morgan fingerprint density at radius 3 is 2.92 bits per heavy atom. The normalized spacial score (nSPS) is 27.6. The maximum Gasteiger partial charge on any atom is 0.582 e. The highest BCUT2D eigenvalue weighted by atomic mass is 32.7. The van der Waals surface area contributed by atoms with Gasteiger partial charge >= 0.3 is 7.23 Å². The number of nitrogens with two attached hydrogens (primary N) is 1. The molecule has 2 N–H and O–H groups in total. The van der Waals surface area contributed by atoms with Crippen LogP contribution in [0.25, 0.3) is 11.2 Å². The number of fused-ring (bicyclic) bond motifs is 1. The molecule has 13 heteroatoms. The van der Waals surface area contributed by atoms with Crippen LogP contribution in [-0.2, 0) is 23.1 Å². The van der Waals surface area contributed by atoms with Crippen LogP contribution < -0.4 is 5.73 Å². The number of anilines is 1. The van der Waals surface area contributed by atoms with Crippen molar-refractivity contribution in [3.63, 3.8) is 0 Å². The average molecular weight is 406 g/mol. The number of nitrogen functional groups attached to an aromatic ring is 1. The molecule has 25 heavy (non-hydrogen) atoms. The predicted molar refractivity (Wildman–Crippen MR) is 96.1 cm³/mol. The van der Waals surface area contributed by atoms with Gasteiger partial charge in [-0.1, -0.05) is 0 Å². The molecular weight excluding hydrogens is 388 g/mol. The minimum absolute atomic E-state index is 0.272. The van der Waals surface area contributed by atoms with Crippen LogP contribution in [0.2, 0.25) is 0 Å². The molecular formula is C12H18N5O5P2S+. The lowest BCUT2D eigenvalue weighted by Gasteiger charge is -2.19. The number of hydrogen-bond acceptors (Lipinski definition) is 9. The minimum Gasteiger partial charge on any atom is -0.382 e. The van der Waals surface area contributed by atoms with Crippen LogP contribution in [0.4, 0.5) is 5.82 Å². The van der Waals surface area contributed by atoms with Crippen LogP contribution in [0.15, 0.2) is 12.7 Å². The highest BCUT2D eigenvalue weighted by molar-refractivity contribution is 8.39. The molecule has 0 bridgehead atoms. The number of rotatable bonds is 7. The van der Waals surface area contributed by atoms with Crippen LogP contribution in [0, 0.1) is 0 Å². The fourth-order valence-electron chi connectivity index (χ4n) is 2.77. The Morgan fingerprint density at radius 2 is 2.24 bits per heavy atom. The first kappa shape index (κ1) is 18.8. The Balaban J connectivity index is 1.96. The number of methoxy groups -OCH3 is 1. The zero-order chi connectivity index (χ0) is 18.0. The van der Waals surface area contributed by atoms with E-state index in [0.717, 1.165) is 0 Å². The summed E-state index contributed by atoms with van der Waals surface area (Å²) in [5.41, 5.74) is 6.80. The third-order valence-corrected chi connectivity index (χ3v) is 4.98. The molecule has 10 nitrogen and oxygen atoms in total. The molecule has 0 aliphatic carbocycles. The predicted octanol–water partition coefficient (Wildman–Crippen LogP) is 1.53. The van der Waals surface area contributed by atoms with Crippen LogP contribution in [0.1, 0.15) is 6.23 Å². The van der Waals surface area contributed by atoms with E-state index >= 15 is 0 Å². The molecule has 1 aliphatic rings. The highest BCUT2D eigenvalue weighted by Crippen LogP contribution is 2.41. The van der Waals surface area contributed by atoms with E-state index in [1.165, 1.54) is 13.4 Å². The van der Waals surface area contributed by atoms with E-state index in [1.54, 1.807) is 10.9 Å². The van der Waals surface area contributed by atoms with E-state index in [9.17, 15) is 4.57 Å². The molecule has 136 valence electrons. The second-order valence-electron chi connectivity index (χ2n) is 5.17. The Kier molecular flexibility index (Phi) is 6.17. The Hall–Kier alpha value is -0.930. The quantitative estimate of drug-likeness (QED) is 0.520. The van der Waals surface area contributed by atoms with Crippen molar-refractivity contribution in [3.8, 4) is 0 Å². The summed E-state index contributed by atoms with van der Waals surface area (Å²) >= 11 is 3.84. The molecule has 0 radical (unpaired) electrons. The molecule has 3 heterocycles. The van der Waals surface area contributed by atoms with Gasteiger partial charge in [0.05, 0.1) is 12.9 Å². The van der Waals surface area contributed by atoms with E-state index in [4.69, 9.17) is 24.3 Å². The molecule has 1 aliphatic heterocycles.